The van der Waals surface area contributed by atoms with Crippen LogP contribution < -0.4 is 10.2 Å². The van der Waals surface area contributed by atoms with E-state index in [9.17, 15) is 4.79 Å². The Labute approximate surface area is 120 Å². The van der Waals surface area contributed by atoms with E-state index in [0.29, 0.717) is 16.7 Å². The van der Waals surface area contributed by atoms with E-state index in [1.165, 1.54) is 6.20 Å². The molecule has 2 aromatic carbocycles. The largest absolute Gasteiger partial charge is 0.455 e. The fraction of sp³-hybridized carbons (Fsp3) is 0.0625. The van der Waals surface area contributed by atoms with Gasteiger partial charge in [0.15, 0.2) is 5.75 Å². The van der Waals surface area contributed by atoms with E-state index in [1.807, 2.05) is 37.3 Å². The average Bonchev–Trinajstić information content (AvgIpc) is 2.46. The minimum absolute atomic E-state index is 0.171. The van der Waals surface area contributed by atoms with Crippen molar-refractivity contribution in [3.63, 3.8) is 0 Å². The number of para-hydroxylation sites is 1. The number of hydrogen-bond donors (Lipinski definition) is 1. The van der Waals surface area contributed by atoms with Crippen molar-refractivity contribution in [3.8, 4) is 11.5 Å². The first-order valence-corrected chi connectivity index (χ1v) is 6.57. The van der Waals surface area contributed by atoms with E-state index in [2.05, 4.69) is 4.98 Å². The Morgan fingerprint density at radius 3 is 2.60 bits per heavy atom. The quantitative estimate of drug-likeness (QED) is 0.763. The lowest BCUT2D eigenvalue weighted by Crippen LogP contribution is -2.03. The number of aryl methyl sites for hydroxylation is 1. The lowest BCUT2D eigenvalue weighted by molar-refractivity contribution is 0.487. The summed E-state index contributed by atoms with van der Waals surface area (Å²) in [6.07, 6.45) is 1.48. The third kappa shape index (κ3) is 2.28. The van der Waals surface area contributed by atoms with E-state index < -0.39 is 0 Å². The molecule has 1 aromatic heterocycles. The van der Waals surface area contributed by atoms with Crippen LogP contribution in [-0.2, 0) is 0 Å². The number of aromatic nitrogens is 1. The number of benzene rings is 2. The molecule has 0 bridgehead atoms. The number of rotatable bonds is 2. The van der Waals surface area contributed by atoms with Gasteiger partial charge in [0.05, 0.1) is 10.9 Å². The molecular formula is C16H12ClNO2. The lowest BCUT2D eigenvalue weighted by Gasteiger charge is -2.09. The summed E-state index contributed by atoms with van der Waals surface area (Å²) in [4.78, 5) is 15.0. The molecule has 3 nitrogen and oxygen atoms in total. The highest BCUT2D eigenvalue weighted by Crippen LogP contribution is 2.27. The molecule has 20 heavy (non-hydrogen) atoms. The third-order valence-corrected chi connectivity index (χ3v) is 3.36. The lowest BCUT2D eigenvalue weighted by atomic mass is 10.2. The van der Waals surface area contributed by atoms with Crippen LogP contribution in [0.4, 0.5) is 0 Å². The maximum Gasteiger partial charge on any atom is 0.208 e. The molecule has 0 fully saturated rings. The number of H-pyrrole nitrogens is 1. The maximum atomic E-state index is 12.0. The van der Waals surface area contributed by atoms with Crippen molar-refractivity contribution in [1.29, 1.82) is 0 Å². The van der Waals surface area contributed by atoms with Crippen molar-refractivity contribution < 1.29 is 4.74 Å². The Morgan fingerprint density at radius 2 is 1.85 bits per heavy atom. The van der Waals surface area contributed by atoms with Gasteiger partial charge in [-0.1, -0.05) is 35.4 Å². The van der Waals surface area contributed by atoms with Crippen molar-refractivity contribution in [2.75, 3.05) is 0 Å². The van der Waals surface area contributed by atoms with E-state index in [0.717, 1.165) is 11.3 Å². The van der Waals surface area contributed by atoms with Crippen LogP contribution in [-0.4, -0.2) is 4.98 Å². The predicted octanol–water partition coefficient (Wildman–Crippen LogP) is 4.28. The van der Waals surface area contributed by atoms with Crippen LogP contribution in [0.25, 0.3) is 10.9 Å². The number of pyridine rings is 1. The first-order chi connectivity index (χ1) is 9.65. The normalized spacial score (nSPS) is 10.7. The van der Waals surface area contributed by atoms with Gasteiger partial charge in [0.25, 0.3) is 0 Å². The molecule has 100 valence electrons. The molecular weight excluding hydrogens is 274 g/mol. The minimum atomic E-state index is -0.199. The SMILES string of the molecule is Cc1ccc(Oc2cccc3c(=O)c(Cl)c[nH]c23)cc1. The zero-order chi connectivity index (χ0) is 14.1. The van der Waals surface area contributed by atoms with Gasteiger partial charge in [-0.05, 0) is 31.2 Å². The molecule has 4 heteroatoms. The molecule has 0 saturated heterocycles. The van der Waals surface area contributed by atoms with Crippen molar-refractivity contribution in [2.24, 2.45) is 0 Å². The second-order valence-corrected chi connectivity index (χ2v) is 4.97. The molecule has 0 aliphatic carbocycles. The van der Waals surface area contributed by atoms with Gasteiger partial charge in [-0.15, -0.1) is 0 Å². The highest BCUT2D eigenvalue weighted by atomic mass is 35.5. The summed E-state index contributed by atoms with van der Waals surface area (Å²) >= 11 is 5.83. The fourth-order valence-corrected chi connectivity index (χ4v) is 2.17. The Bertz CT molecular complexity index is 822. The monoisotopic (exact) mass is 285 g/mol. The summed E-state index contributed by atoms with van der Waals surface area (Å²) in [5.41, 5.74) is 1.60. The van der Waals surface area contributed by atoms with Crippen LogP contribution in [0.15, 0.2) is 53.5 Å². The van der Waals surface area contributed by atoms with Gasteiger partial charge >= 0.3 is 0 Å². The zero-order valence-corrected chi connectivity index (χ0v) is 11.6. The Balaban J connectivity index is 2.10. The second-order valence-electron chi connectivity index (χ2n) is 4.56. The van der Waals surface area contributed by atoms with E-state index in [-0.39, 0.29) is 10.5 Å². The highest BCUT2D eigenvalue weighted by Gasteiger charge is 2.08. The number of halogens is 1. The standard InChI is InChI=1S/C16H12ClNO2/c1-10-5-7-11(8-6-10)20-14-4-2-3-12-15(14)18-9-13(17)16(12)19/h2-9H,1H3,(H,18,19). The molecule has 1 heterocycles. The molecule has 0 spiro atoms. The predicted molar refractivity (Wildman–Crippen MR) is 80.8 cm³/mol. The molecule has 0 amide bonds. The van der Waals surface area contributed by atoms with Crippen LogP contribution in [0.3, 0.4) is 0 Å². The van der Waals surface area contributed by atoms with Gasteiger partial charge in [-0.2, -0.15) is 0 Å². The molecule has 0 aliphatic rings. The zero-order valence-electron chi connectivity index (χ0n) is 10.8. The molecule has 3 aromatic rings. The van der Waals surface area contributed by atoms with Crippen molar-refractivity contribution in [1.82, 2.24) is 4.98 Å². The van der Waals surface area contributed by atoms with E-state index in [4.69, 9.17) is 16.3 Å². The summed E-state index contributed by atoms with van der Waals surface area (Å²) in [7, 11) is 0. The Hall–Kier alpha value is -2.26. The highest BCUT2D eigenvalue weighted by molar-refractivity contribution is 6.31. The molecule has 1 N–H and O–H groups in total. The Morgan fingerprint density at radius 1 is 1.10 bits per heavy atom. The summed E-state index contributed by atoms with van der Waals surface area (Å²) < 4.78 is 5.83. The number of nitrogens with one attached hydrogen (secondary N) is 1. The van der Waals surface area contributed by atoms with Gasteiger partial charge in [0.1, 0.15) is 10.8 Å². The summed E-state index contributed by atoms with van der Waals surface area (Å²) in [6.45, 7) is 2.02. The molecule has 0 radical (unpaired) electrons. The van der Waals surface area contributed by atoms with Crippen LogP contribution in [0.5, 0.6) is 11.5 Å². The Kier molecular flexibility index (Phi) is 3.20. The fourth-order valence-electron chi connectivity index (χ4n) is 2.02. The second kappa shape index (κ2) is 5.02. The average molecular weight is 286 g/mol. The molecule has 0 aliphatic heterocycles. The summed E-state index contributed by atoms with van der Waals surface area (Å²) in [5, 5.41) is 0.687. The third-order valence-electron chi connectivity index (χ3n) is 3.08. The van der Waals surface area contributed by atoms with Gasteiger partial charge < -0.3 is 9.72 Å². The molecule has 3 rings (SSSR count). The van der Waals surface area contributed by atoms with Crippen molar-refractivity contribution in [3.05, 3.63) is 69.5 Å². The minimum Gasteiger partial charge on any atom is -0.455 e. The van der Waals surface area contributed by atoms with Crippen molar-refractivity contribution >= 4 is 22.5 Å². The van der Waals surface area contributed by atoms with E-state index >= 15 is 0 Å². The molecule has 0 atom stereocenters. The first kappa shape index (κ1) is 12.8. The van der Waals surface area contributed by atoms with Gasteiger partial charge in [-0.3, -0.25) is 4.79 Å². The van der Waals surface area contributed by atoms with Crippen LogP contribution >= 0.6 is 11.6 Å². The maximum absolute atomic E-state index is 12.0. The number of fused-ring (bicyclic) bond motifs is 1. The number of hydrogen-bond acceptors (Lipinski definition) is 2. The smallest absolute Gasteiger partial charge is 0.208 e. The topological polar surface area (TPSA) is 42.1 Å². The van der Waals surface area contributed by atoms with Gasteiger partial charge in [0.2, 0.25) is 5.43 Å². The molecule has 0 saturated carbocycles. The first-order valence-electron chi connectivity index (χ1n) is 6.19. The summed E-state index contributed by atoms with van der Waals surface area (Å²) in [5.74, 6) is 1.32. The van der Waals surface area contributed by atoms with Crippen LogP contribution in [0, 0.1) is 6.92 Å². The van der Waals surface area contributed by atoms with Gasteiger partial charge in [0, 0.05) is 6.20 Å². The number of aromatic amines is 1. The number of ether oxygens (including phenoxy) is 1. The van der Waals surface area contributed by atoms with E-state index in [1.54, 1.807) is 12.1 Å². The van der Waals surface area contributed by atoms with Gasteiger partial charge in [-0.25, -0.2) is 0 Å². The summed E-state index contributed by atoms with van der Waals surface area (Å²) in [6, 6.07) is 13.0. The van der Waals surface area contributed by atoms with Crippen LogP contribution in [0.1, 0.15) is 5.56 Å². The van der Waals surface area contributed by atoms with Crippen LogP contribution in [0.2, 0.25) is 5.02 Å². The van der Waals surface area contributed by atoms with Crippen molar-refractivity contribution in [2.45, 2.75) is 6.92 Å². The molecule has 0 unspecified atom stereocenters.